The number of benzene rings is 2. The lowest BCUT2D eigenvalue weighted by Gasteiger charge is -2.29. The van der Waals surface area contributed by atoms with Gasteiger partial charge in [-0.1, -0.05) is 30.3 Å². The van der Waals surface area contributed by atoms with Crippen LogP contribution in [-0.2, 0) is 17.8 Å². The minimum absolute atomic E-state index is 0.0508. The number of primary amides is 2. The number of ether oxygens (including phenoxy) is 2. The fourth-order valence-corrected chi connectivity index (χ4v) is 3.19. The van der Waals surface area contributed by atoms with Crippen molar-refractivity contribution in [1.29, 1.82) is 0 Å². The molecule has 0 aromatic heterocycles. The van der Waals surface area contributed by atoms with E-state index in [2.05, 4.69) is 0 Å². The molecule has 2 aromatic rings. The number of methoxy groups -OCH3 is 1. The van der Waals surface area contributed by atoms with Crippen molar-refractivity contribution in [2.45, 2.75) is 20.0 Å². The lowest BCUT2D eigenvalue weighted by molar-refractivity contribution is 0.0597. The van der Waals surface area contributed by atoms with E-state index in [1.54, 1.807) is 19.1 Å². The zero-order valence-corrected chi connectivity index (χ0v) is 19.3. The monoisotopic (exact) mass is 488 g/mol. The Morgan fingerprint density at radius 3 is 2.00 bits per heavy atom. The van der Waals surface area contributed by atoms with Gasteiger partial charge in [0.2, 0.25) is 0 Å². The number of carbonyl (C=O) groups is 4. The van der Waals surface area contributed by atoms with Crippen LogP contribution in [0.5, 0.6) is 5.75 Å². The molecule has 0 saturated heterocycles. The second-order valence-corrected chi connectivity index (χ2v) is 7.09. The highest BCUT2D eigenvalue weighted by molar-refractivity contribution is 6.07. The molecule has 0 saturated carbocycles. The molecule has 188 valence electrons. The summed E-state index contributed by atoms with van der Waals surface area (Å²) in [4.78, 5) is 50.9. The molecule has 0 atom stereocenters. The number of urea groups is 2. The summed E-state index contributed by atoms with van der Waals surface area (Å²) in [6.07, 6.45) is -0.908. The van der Waals surface area contributed by atoms with Crippen LogP contribution in [-0.4, -0.2) is 42.7 Å². The molecular weight excluding hydrogens is 460 g/mol. The van der Waals surface area contributed by atoms with Gasteiger partial charge in [-0.05, 0) is 24.1 Å². The summed E-state index contributed by atoms with van der Waals surface area (Å²) < 4.78 is 10.3. The van der Waals surface area contributed by atoms with Crippen molar-refractivity contribution in [2.75, 3.05) is 23.7 Å². The third-order valence-electron chi connectivity index (χ3n) is 4.93. The normalized spacial score (nSPS) is 10.3. The van der Waals surface area contributed by atoms with Gasteiger partial charge in [-0.3, -0.25) is 0 Å². The third-order valence-corrected chi connectivity index (χ3v) is 4.93. The smallest absolute Gasteiger partial charge is 0.415 e. The topological polar surface area (TPSA) is 227 Å². The standard InChI is InChI=1S/C21H28N8O6/c1-3-27(11-12-7-5-4-6-8-12)21(33)35-17-14(18(30)34-2)9-13(10-22)15(28(25)19(23)31)16(17)29(26)20(24)32/h4-9H,3,10-11,22,25-26H2,1-2H3,(H2,23,31)(H2,24,32). The average molecular weight is 489 g/mol. The zero-order chi connectivity index (χ0) is 26.3. The van der Waals surface area contributed by atoms with E-state index in [0.717, 1.165) is 12.7 Å². The first kappa shape index (κ1) is 26.8. The number of nitrogens with two attached hydrogens (primary N) is 5. The molecule has 10 N–H and O–H groups in total. The molecule has 0 aliphatic heterocycles. The van der Waals surface area contributed by atoms with E-state index in [1.807, 2.05) is 18.2 Å². The summed E-state index contributed by atoms with van der Waals surface area (Å²) >= 11 is 0. The first-order valence-electron chi connectivity index (χ1n) is 10.2. The Bertz CT molecular complexity index is 1110. The molecule has 0 radical (unpaired) electrons. The van der Waals surface area contributed by atoms with E-state index in [4.69, 9.17) is 38.4 Å². The van der Waals surface area contributed by atoms with Crippen LogP contribution in [0.3, 0.4) is 0 Å². The van der Waals surface area contributed by atoms with Crippen LogP contribution < -0.4 is 43.6 Å². The summed E-state index contributed by atoms with van der Waals surface area (Å²) in [6.45, 7) is 1.81. The number of esters is 1. The summed E-state index contributed by atoms with van der Waals surface area (Å²) in [7, 11) is 1.09. The number of anilines is 2. The van der Waals surface area contributed by atoms with E-state index in [-0.39, 0.29) is 36.4 Å². The van der Waals surface area contributed by atoms with Gasteiger partial charge in [0.25, 0.3) is 0 Å². The minimum Gasteiger partial charge on any atom is -0.465 e. The van der Waals surface area contributed by atoms with E-state index in [0.29, 0.717) is 10.0 Å². The SMILES string of the molecule is CCN(Cc1ccccc1)C(=O)Oc1c(C(=O)OC)cc(CN)c(N(N)C(N)=O)c1N(N)C(N)=O. The number of nitrogens with zero attached hydrogens (tertiary/aromatic N) is 3. The predicted molar refractivity (Wildman–Crippen MR) is 127 cm³/mol. The highest BCUT2D eigenvalue weighted by Crippen LogP contribution is 2.43. The van der Waals surface area contributed by atoms with Gasteiger partial charge in [-0.15, -0.1) is 0 Å². The molecule has 2 aromatic carbocycles. The zero-order valence-electron chi connectivity index (χ0n) is 19.3. The molecule has 14 nitrogen and oxygen atoms in total. The van der Waals surface area contributed by atoms with Gasteiger partial charge in [0.15, 0.2) is 5.75 Å². The Morgan fingerprint density at radius 2 is 1.51 bits per heavy atom. The van der Waals surface area contributed by atoms with Crippen molar-refractivity contribution in [3.05, 3.63) is 53.1 Å². The van der Waals surface area contributed by atoms with Crippen LogP contribution in [0.25, 0.3) is 0 Å². The lowest BCUT2D eigenvalue weighted by atomic mass is 10.0. The third kappa shape index (κ3) is 5.94. The number of hydrogen-bond donors (Lipinski definition) is 5. The van der Waals surface area contributed by atoms with Crippen LogP contribution in [0.4, 0.5) is 25.8 Å². The minimum atomic E-state index is -1.23. The van der Waals surface area contributed by atoms with E-state index >= 15 is 0 Å². The maximum Gasteiger partial charge on any atom is 0.415 e. The molecule has 0 fully saturated rings. The Kier molecular flexibility index (Phi) is 8.93. The van der Waals surface area contributed by atoms with Crippen molar-refractivity contribution < 1.29 is 28.7 Å². The van der Waals surface area contributed by atoms with Gasteiger partial charge in [0, 0.05) is 19.6 Å². The van der Waals surface area contributed by atoms with Crippen LogP contribution in [0.1, 0.15) is 28.4 Å². The molecule has 0 bridgehead atoms. The first-order valence-corrected chi connectivity index (χ1v) is 10.2. The molecule has 0 heterocycles. The molecule has 0 unspecified atom stereocenters. The lowest BCUT2D eigenvalue weighted by Crippen LogP contribution is -2.47. The summed E-state index contributed by atoms with van der Waals surface area (Å²) in [5.41, 5.74) is 16.1. The number of rotatable bonds is 8. The molecule has 14 heteroatoms. The van der Waals surface area contributed by atoms with Crippen LogP contribution in [0.15, 0.2) is 36.4 Å². The highest BCUT2D eigenvalue weighted by Gasteiger charge is 2.33. The van der Waals surface area contributed by atoms with E-state index < -0.39 is 35.6 Å². The van der Waals surface area contributed by atoms with Crippen LogP contribution in [0.2, 0.25) is 0 Å². The van der Waals surface area contributed by atoms with E-state index in [9.17, 15) is 19.2 Å². The first-order chi connectivity index (χ1) is 16.6. The van der Waals surface area contributed by atoms with Gasteiger partial charge >= 0.3 is 24.1 Å². The molecule has 0 aliphatic carbocycles. The highest BCUT2D eigenvalue weighted by atomic mass is 16.6. The molecule has 35 heavy (non-hydrogen) atoms. The van der Waals surface area contributed by atoms with Crippen molar-refractivity contribution in [3.8, 4) is 5.75 Å². The molecule has 0 aliphatic rings. The maximum atomic E-state index is 13.1. The quantitative estimate of drug-likeness (QED) is 0.150. The average Bonchev–Trinajstić information content (AvgIpc) is 2.85. The second kappa shape index (κ2) is 11.6. The molecule has 2 rings (SSSR count). The molecular formula is C21H28N8O6. The van der Waals surface area contributed by atoms with Gasteiger partial charge in [0.05, 0.1) is 12.8 Å². The van der Waals surface area contributed by atoms with Gasteiger partial charge in [-0.2, -0.15) is 0 Å². The van der Waals surface area contributed by atoms with Gasteiger partial charge < -0.3 is 31.6 Å². The number of hydrazine groups is 2. The fourth-order valence-electron chi connectivity index (χ4n) is 3.19. The fraction of sp³-hybridized carbons (Fsp3) is 0.238. The van der Waals surface area contributed by atoms with Crippen molar-refractivity contribution >= 4 is 35.5 Å². The number of amides is 5. The summed E-state index contributed by atoms with van der Waals surface area (Å²) in [6, 6.07) is 7.83. The Morgan fingerprint density at radius 1 is 0.943 bits per heavy atom. The second-order valence-electron chi connectivity index (χ2n) is 7.09. The maximum absolute atomic E-state index is 13.1. The van der Waals surface area contributed by atoms with Crippen molar-refractivity contribution in [1.82, 2.24) is 4.90 Å². The molecule has 0 spiro atoms. The summed E-state index contributed by atoms with van der Waals surface area (Å²) in [5.74, 6) is 10.1. The van der Waals surface area contributed by atoms with Crippen molar-refractivity contribution in [2.24, 2.45) is 28.9 Å². The Labute approximate surface area is 201 Å². The van der Waals surface area contributed by atoms with Crippen LogP contribution >= 0.6 is 0 Å². The van der Waals surface area contributed by atoms with Crippen molar-refractivity contribution in [3.63, 3.8) is 0 Å². The number of hydrogen-bond acceptors (Lipinski definition) is 9. The Hall–Kier alpha value is -4.40. The molecule has 5 amide bonds. The largest absolute Gasteiger partial charge is 0.465 e. The van der Waals surface area contributed by atoms with Gasteiger partial charge in [0.1, 0.15) is 11.3 Å². The van der Waals surface area contributed by atoms with Gasteiger partial charge in [-0.25, -0.2) is 40.9 Å². The van der Waals surface area contributed by atoms with E-state index in [1.165, 1.54) is 11.0 Å². The predicted octanol–water partition coefficient (Wildman–Crippen LogP) is 0.470. The number of carbonyl (C=O) groups excluding carboxylic acids is 4. The summed E-state index contributed by atoms with van der Waals surface area (Å²) in [5, 5.41) is 0.778. The Balaban J connectivity index is 2.75. The van der Waals surface area contributed by atoms with Crippen LogP contribution in [0, 0.1) is 0 Å².